The van der Waals surface area contributed by atoms with E-state index in [9.17, 15) is 9.59 Å². The quantitative estimate of drug-likeness (QED) is 0.807. The van der Waals surface area contributed by atoms with Crippen LogP contribution in [0.4, 0.5) is 11.4 Å². The Morgan fingerprint density at radius 1 is 1.06 bits per heavy atom. The minimum atomic E-state index is 0.0101. The minimum Gasteiger partial charge on any atom is -0.369 e. The number of likely N-dealkylation sites (tertiary alicyclic amines) is 1. The van der Waals surface area contributed by atoms with Gasteiger partial charge in [0.2, 0.25) is 11.8 Å². The maximum atomic E-state index is 12.6. The van der Waals surface area contributed by atoms with Crippen LogP contribution in [0.5, 0.6) is 0 Å². The van der Waals surface area contributed by atoms with Crippen molar-refractivity contribution in [1.29, 1.82) is 0 Å². The highest BCUT2D eigenvalue weighted by Crippen LogP contribution is 2.40. The normalized spacial score (nSPS) is 23.9. The van der Waals surface area contributed by atoms with Crippen LogP contribution in [0.15, 0.2) is 48.8 Å². The van der Waals surface area contributed by atoms with Crippen molar-refractivity contribution in [3.05, 3.63) is 54.4 Å². The van der Waals surface area contributed by atoms with Gasteiger partial charge in [-0.15, -0.1) is 0 Å². The van der Waals surface area contributed by atoms with E-state index in [2.05, 4.69) is 39.2 Å². The van der Waals surface area contributed by atoms with Gasteiger partial charge >= 0.3 is 0 Å². The molecule has 1 N–H and O–H groups in total. The standard InChI is InChI=1S/C25H30N4O2/c1-17-13-23(17)25(31)28-11-8-19(9-12-28)18-4-6-21(7-5-18)27-24(30)20-15-29(16-20)22-3-2-10-26-14-22/h2-7,10,14,17,19-20,23H,8-9,11-13,15-16H2,1H3,(H,27,30). The van der Waals surface area contributed by atoms with Gasteiger partial charge in [0.1, 0.15) is 0 Å². The summed E-state index contributed by atoms with van der Waals surface area (Å²) in [6, 6.07) is 12.2. The third-order valence-corrected chi connectivity index (χ3v) is 7.15. The van der Waals surface area contributed by atoms with E-state index in [0.717, 1.165) is 56.8 Å². The van der Waals surface area contributed by atoms with Gasteiger partial charge in [-0.1, -0.05) is 19.1 Å². The molecule has 0 radical (unpaired) electrons. The monoisotopic (exact) mass is 418 g/mol. The van der Waals surface area contributed by atoms with Gasteiger partial charge in [-0.2, -0.15) is 0 Å². The first-order valence-electron chi connectivity index (χ1n) is 11.4. The summed E-state index contributed by atoms with van der Waals surface area (Å²) in [5.74, 6) is 1.80. The fraction of sp³-hybridized carbons (Fsp3) is 0.480. The molecule has 1 aromatic heterocycles. The van der Waals surface area contributed by atoms with Crippen molar-refractivity contribution in [3.63, 3.8) is 0 Å². The van der Waals surface area contributed by atoms with Crippen LogP contribution in [-0.4, -0.2) is 47.9 Å². The first-order chi connectivity index (χ1) is 15.1. The molecule has 0 spiro atoms. The molecule has 2 amide bonds. The highest BCUT2D eigenvalue weighted by molar-refractivity contribution is 5.94. The molecular weight excluding hydrogens is 388 g/mol. The predicted molar refractivity (Wildman–Crippen MR) is 121 cm³/mol. The molecule has 1 aromatic carbocycles. The van der Waals surface area contributed by atoms with Crippen molar-refractivity contribution in [2.75, 3.05) is 36.4 Å². The summed E-state index contributed by atoms with van der Waals surface area (Å²) in [7, 11) is 0. The third kappa shape index (κ3) is 4.29. The van der Waals surface area contributed by atoms with Gasteiger partial charge in [-0.25, -0.2) is 0 Å². The third-order valence-electron chi connectivity index (χ3n) is 7.15. The van der Waals surface area contributed by atoms with Crippen molar-refractivity contribution in [3.8, 4) is 0 Å². The van der Waals surface area contributed by atoms with E-state index >= 15 is 0 Å². The molecule has 2 atom stereocenters. The largest absolute Gasteiger partial charge is 0.369 e. The van der Waals surface area contributed by atoms with Crippen LogP contribution < -0.4 is 10.2 Å². The maximum Gasteiger partial charge on any atom is 0.231 e. The van der Waals surface area contributed by atoms with Crippen molar-refractivity contribution in [2.45, 2.75) is 32.1 Å². The molecule has 31 heavy (non-hydrogen) atoms. The molecule has 5 rings (SSSR count). The second-order valence-electron chi connectivity index (χ2n) is 9.34. The fourth-order valence-corrected chi connectivity index (χ4v) is 4.81. The number of anilines is 2. The fourth-order valence-electron chi connectivity index (χ4n) is 4.81. The van der Waals surface area contributed by atoms with Crippen LogP contribution >= 0.6 is 0 Å². The van der Waals surface area contributed by atoms with Crippen molar-refractivity contribution >= 4 is 23.2 Å². The molecule has 6 heteroatoms. The second-order valence-corrected chi connectivity index (χ2v) is 9.34. The molecule has 2 unspecified atom stereocenters. The summed E-state index contributed by atoms with van der Waals surface area (Å²) < 4.78 is 0. The van der Waals surface area contributed by atoms with Crippen molar-refractivity contribution in [1.82, 2.24) is 9.88 Å². The molecule has 2 aliphatic heterocycles. The van der Waals surface area contributed by atoms with E-state index in [-0.39, 0.29) is 17.7 Å². The van der Waals surface area contributed by atoms with E-state index in [0.29, 0.717) is 17.7 Å². The Kier molecular flexibility index (Phi) is 5.38. The number of hydrogen-bond donors (Lipinski definition) is 1. The summed E-state index contributed by atoms with van der Waals surface area (Å²) in [6.45, 7) is 5.34. The van der Waals surface area contributed by atoms with E-state index < -0.39 is 0 Å². The molecule has 2 saturated heterocycles. The smallest absolute Gasteiger partial charge is 0.231 e. The van der Waals surface area contributed by atoms with E-state index in [1.807, 2.05) is 30.5 Å². The van der Waals surface area contributed by atoms with E-state index in [1.165, 1.54) is 5.56 Å². The molecule has 1 saturated carbocycles. The Morgan fingerprint density at radius 3 is 2.39 bits per heavy atom. The summed E-state index contributed by atoms with van der Waals surface area (Å²) in [5, 5.41) is 3.06. The number of hydrogen-bond acceptors (Lipinski definition) is 4. The number of nitrogens with one attached hydrogen (secondary N) is 1. The van der Waals surface area contributed by atoms with Gasteiger partial charge in [0.05, 0.1) is 17.8 Å². The Balaban J connectivity index is 1.09. The number of aromatic nitrogens is 1. The Hall–Kier alpha value is -2.89. The van der Waals surface area contributed by atoms with Gasteiger partial charge in [-0.05, 0) is 60.9 Å². The topological polar surface area (TPSA) is 65.5 Å². The molecule has 3 aliphatic rings. The number of amides is 2. The second kappa shape index (κ2) is 8.33. The molecule has 1 aliphatic carbocycles. The number of rotatable bonds is 5. The molecule has 3 fully saturated rings. The van der Waals surface area contributed by atoms with Crippen LogP contribution in [0.2, 0.25) is 0 Å². The van der Waals surface area contributed by atoms with Crippen LogP contribution in [0.25, 0.3) is 0 Å². The van der Waals surface area contributed by atoms with Gasteiger partial charge in [0.15, 0.2) is 0 Å². The van der Waals surface area contributed by atoms with Crippen molar-refractivity contribution < 1.29 is 9.59 Å². The Labute approximate surface area is 183 Å². The molecule has 162 valence electrons. The molecule has 3 heterocycles. The zero-order valence-corrected chi connectivity index (χ0v) is 18.0. The lowest BCUT2D eigenvalue weighted by Crippen LogP contribution is -2.52. The summed E-state index contributed by atoms with van der Waals surface area (Å²) in [5.41, 5.74) is 3.22. The van der Waals surface area contributed by atoms with Gasteiger partial charge in [0, 0.05) is 44.0 Å². The highest BCUT2D eigenvalue weighted by atomic mass is 16.2. The average molecular weight is 419 g/mol. The summed E-state index contributed by atoms with van der Waals surface area (Å²) in [6.07, 6.45) is 6.69. The highest BCUT2D eigenvalue weighted by Gasteiger charge is 2.42. The van der Waals surface area contributed by atoms with E-state index in [1.54, 1.807) is 6.20 Å². The number of piperidine rings is 1. The van der Waals surface area contributed by atoms with Crippen molar-refractivity contribution in [2.24, 2.45) is 17.8 Å². The minimum absolute atomic E-state index is 0.0101. The molecule has 2 aromatic rings. The lowest BCUT2D eigenvalue weighted by molar-refractivity contribution is -0.133. The Bertz CT molecular complexity index is 932. The first-order valence-corrected chi connectivity index (χ1v) is 11.4. The number of benzene rings is 1. The molecule has 6 nitrogen and oxygen atoms in total. The first kappa shape index (κ1) is 20.0. The SMILES string of the molecule is CC1CC1C(=O)N1CCC(c2ccc(NC(=O)C3CN(c4cccnc4)C3)cc2)CC1. The zero-order chi connectivity index (χ0) is 21.4. The summed E-state index contributed by atoms with van der Waals surface area (Å²) in [4.78, 5) is 33.3. The van der Waals surface area contributed by atoms with E-state index in [4.69, 9.17) is 0 Å². The van der Waals surface area contributed by atoms with Gasteiger partial charge in [0.25, 0.3) is 0 Å². The van der Waals surface area contributed by atoms with Crippen LogP contribution in [-0.2, 0) is 9.59 Å². The van der Waals surface area contributed by atoms with Crippen LogP contribution in [0, 0.1) is 17.8 Å². The van der Waals surface area contributed by atoms with Crippen LogP contribution in [0.3, 0.4) is 0 Å². The summed E-state index contributed by atoms with van der Waals surface area (Å²) >= 11 is 0. The van der Waals surface area contributed by atoms with Crippen LogP contribution in [0.1, 0.15) is 37.7 Å². The zero-order valence-electron chi connectivity index (χ0n) is 18.0. The average Bonchev–Trinajstić information content (AvgIpc) is 3.50. The molecule has 0 bridgehead atoms. The maximum absolute atomic E-state index is 12.6. The Morgan fingerprint density at radius 2 is 1.77 bits per heavy atom. The number of nitrogens with zero attached hydrogens (tertiary/aromatic N) is 3. The number of pyridine rings is 1. The lowest BCUT2D eigenvalue weighted by atomic mass is 9.89. The molecular formula is C25H30N4O2. The van der Waals surface area contributed by atoms with Gasteiger partial charge < -0.3 is 15.1 Å². The number of carbonyl (C=O) groups excluding carboxylic acids is 2. The lowest BCUT2D eigenvalue weighted by Gasteiger charge is -2.39. The van der Waals surface area contributed by atoms with Gasteiger partial charge in [-0.3, -0.25) is 14.6 Å². The predicted octanol–water partition coefficient (Wildman–Crippen LogP) is 3.52. The number of carbonyl (C=O) groups is 2.